The molecule has 0 saturated carbocycles. The number of aromatic nitrogens is 2. The van der Waals surface area contributed by atoms with Crippen molar-refractivity contribution in [2.75, 3.05) is 12.4 Å². The number of carbonyl (C=O) groups is 1. The molecule has 0 aliphatic heterocycles. The Morgan fingerprint density at radius 3 is 2.32 bits per heavy atom. The maximum Gasteiger partial charge on any atom is 0.254 e. The van der Waals surface area contributed by atoms with Gasteiger partial charge >= 0.3 is 0 Å². The number of ether oxygens (including phenoxy) is 1. The first-order chi connectivity index (χ1) is 13.5. The Labute approximate surface area is 165 Å². The summed E-state index contributed by atoms with van der Waals surface area (Å²) in [4.78, 5) is 20.9. The lowest BCUT2D eigenvalue weighted by Crippen LogP contribution is -2.23. The highest BCUT2D eigenvalue weighted by molar-refractivity contribution is 5.93. The number of para-hydroxylation sites is 1. The SMILES string of the molecule is COc1ccccc1CNC(=O)c1cnc(Nc2c(C)cc(C)cc2C)nc1. The van der Waals surface area contributed by atoms with Gasteiger partial charge in [-0.3, -0.25) is 4.79 Å². The van der Waals surface area contributed by atoms with Crippen molar-refractivity contribution in [1.82, 2.24) is 15.3 Å². The summed E-state index contributed by atoms with van der Waals surface area (Å²) in [6.45, 7) is 6.52. The van der Waals surface area contributed by atoms with E-state index in [2.05, 4.69) is 39.7 Å². The molecule has 0 aliphatic carbocycles. The molecule has 6 nitrogen and oxygen atoms in total. The van der Waals surface area contributed by atoms with Crippen LogP contribution in [0.25, 0.3) is 0 Å². The minimum atomic E-state index is -0.236. The Morgan fingerprint density at radius 2 is 1.68 bits per heavy atom. The molecule has 0 bridgehead atoms. The molecule has 1 heterocycles. The summed E-state index contributed by atoms with van der Waals surface area (Å²) < 4.78 is 5.30. The molecule has 28 heavy (non-hydrogen) atoms. The number of methoxy groups -OCH3 is 1. The number of rotatable bonds is 6. The van der Waals surface area contributed by atoms with Crippen molar-refractivity contribution in [2.45, 2.75) is 27.3 Å². The summed E-state index contributed by atoms with van der Waals surface area (Å²) in [5.41, 5.74) is 5.75. The van der Waals surface area contributed by atoms with E-state index in [1.165, 1.54) is 18.0 Å². The van der Waals surface area contributed by atoms with Gasteiger partial charge in [-0.1, -0.05) is 35.9 Å². The Hall–Kier alpha value is -3.41. The molecule has 2 aromatic carbocycles. The molecule has 0 atom stereocenters. The van der Waals surface area contributed by atoms with E-state index in [1.54, 1.807) is 7.11 Å². The van der Waals surface area contributed by atoms with Gasteiger partial charge in [0.05, 0.1) is 12.7 Å². The van der Waals surface area contributed by atoms with Crippen LogP contribution in [0.2, 0.25) is 0 Å². The summed E-state index contributed by atoms with van der Waals surface area (Å²) >= 11 is 0. The molecule has 6 heteroatoms. The average molecular weight is 376 g/mol. The highest BCUT2D eigenvalue weighted by atomic mass is 16.5. The third kappa shape index (κ3) is 4.46. The molecule has 0 spiro atoms. The molecular formula is C22H24N4O2. The highest BCUT2D eigenvalue weighted by Crippen LogP contribution is 2.24. The summed E-state index contributed by atoms with van der Waals surface area (Å²) in [5, 5.41) is 6.10. The van der Waals surface area contributed by atoms with Gasteiger partial charge in [-0.25, -0.2) is 9.97 Å². The highest BCUT2D eigenvalue weighted by Gasteiger charge is 2.10. The predicted octanol–water partition coefficient (Wildman–Crippen LogP) is 4.08. The van der Waals surface area contributed by atoms with E-state index in [0.29, 0.717) is 18.1 Å². The van der Waals surface area contributed by atoms with Crippen LogP contribution < -0.4 is 15.4 Å². The predicted molar refractivity (Wildman–Crippen MR) is 110 cm³/mol. The number of amides is 1. The topological polar surface area (TPSA) is 76.1 Å². The zero-order valence-electron chi connectivity index (χ0n) is 16.5. The van der Waals surface area contributed by atoms with Crippen molar-refractivity contribution in [3.63, 3.8) is 0 Å². The number of aryl methyl sites for hydroxylation is 3. The molecule has 0 unspecified atom stereocenters. The molecule has 1 amide bonds. The van der Waals surface area contributed by atoms with Gasteiger partial charge in [-0.05, 0) is 38.0 Å². The van der Waals surface area contributed by atoms with Crippen molar-refractivity contribution in [3.8, 4) is 5.75 Å². The van der Waals surface area contributed by atoms with E-state index in [4.69, 9.17) is 4.74 Å². The normalized spacial score (nSPS) is 10.4. The zero-order valence-corrected chi connectivity index (χ0v) is 16.5. The van der Waals surface area contributed by atoms with Crippen molar-refractivity contribution >= 4 is 17.5 Å². The summed E-state index contributed by atoms with van der Waals surface area (Å²) in [6.07, 6.45) is 3.04. The van der Waals surface area contributed by atoms with Crippen LogP contribution >= 0.6 is 0 Å². The van der Waals surface area contributed by atoms with E-state index < -0.39 is 0 Å². The van der Waals surface area contributed by atoms with Crippen LogP contribution in [0.1, 0.15) is 32.6 Å². The van der Waals surface area contributed by atoms with Crippen LogP contribution in [-0.4, -0.2) is 23.0 Å². The van der Waals surface area contributed by atoms with Gasteiger partial charge < -0.3 is 15.4 Å². The third-order valence-corrected chi connectivity index (χ3v) is 4.46. The maximum absolute atomic E-state index is 12.4. The lowest BCUT2D eigenvalue weighted by atomic mass is 10.1. The second-order valence-electron chi connectivity index (χ2n) is 6.69. The first-order valence-electron chi connectivity index (χ1n) is 9.05. The van der Waals surface area contributed by atoms with Crippen LogP contribution in [0.5, 0.6) is 5.75 Å². The van der Waals surface area contributed by atoms with Crippen LogP contribution in [0, 0.1) is 20.8 Å². The number of nitrogens with zero attached hydrogens (tertiary/aromatic N) is 2. The molecule has 2 N–H and O–H groups in total. The van der Waals surface area contributed by atoms with Crippen LogP contribution in [0.4, 0.5) is 11.6 Å². The number of carbonyl (C=O) groups excluding carboxylic acids is 1. The van der Waals surface area contributed by atoms with Gasteiger partial charge in [0.1, 0.15) is 5.75 Å². The van der Waals surface area contributed by atoms with E-state index in [-0.39, 0.29) is 5.91 Å². The molecule has 144 valence electrons. The smallest absolute Gasteiger partial charge is 0.254 e. The van der Waals surface area contributed by atoms with E-state index in [0.717, 1.165) is 28.1 Å². The van der Waals surface area contributed by atoms with Gasteiger partial charge in [0.25, 0.3) is 5.91 Å². The van der Waals surface area contributed by atoms with Crippen LogP contribution in [0.3, 0.4) is 0 Å². The van der Waals surface area contributed by atoms with Crippen molar-refractivity contribution in [2.24, 2.45) is 0 Å². The van der Waals surface area contributed by atoms with Gasteiger partial charge in [-0.2, -0.15) is 0 Å². The lowest BCUT2D eigenvalue weighted by molar-refractivity contribution is 0.0950. The second kappa shape index (κ2) is 8.52. The van der Waals surface area contributed by atoms with Gasteiger partial charge in [-0.15, -0.1) is 0 Å². The number of anilines is 2. The minimum absolute atomic E-state index is 0.236. The third-order valence-electron chi connectivity index (χ3n) is 4.46. The molecular weight excluding hydrogens is 352 g/mol. The minimum Gasteiger partial charge on any atom is -0.496 e. The monoisotopic (exact) mass is 376 g/mol. The number of nitrogens with one attached hydrogen (secondary N) is 2. The molecule has 1 aromatic heterocycles. The summed E-state index contributed by atoms with van der Waals surface area (Å²) in [7, 11) is 1.61. The number of benzene rings is 2. The average Bonchev–Trinajstić information content (AvgIpc) is 2.69. The second-order valence-corrected chi connectivity index (χ2v) is 6.69. The fourth-order valence-corrected chi connectivity index (χ4v) is 3.13. The first-order valence-corrected chi connectivity index (χ1v) is 9.05. The molecule has 3 rings (SSSR count). The van der Waals surface area contributed by atoms with Crippen molar-refractivity contribution in [3.05, 3.63) is 76.6 Å². The maximum atomic E-state index is 12.4. The Morgan fingerprint density at radius 1 is 1.04 bits per heavy atom. The summed E-state index contributed by atoms with van der Waals surface area (Å²) in [5.74, 6) is 0.957. The fourth-order valence-electron chi connectivity index (χ4n) is 3.13. The Bertz CT molecular complexity index is 961. The van der Waals surface area contributed by atoms with Gasteiger partial charge in [0.15, 0.2) is 0 Å². The van der Waals surface area contributed by atoms with Crippen molar-refractivity contribution < 1.29 is 9.53 Å². The van der Waals surface area contributed by atoms with Crippen LogP contribution in [0.15, 0.2) is 48.8 Å². The largest absolute Gasteiger partial charge is 0.496 e. The zero-order chi connectivity index (χ0) is 20.1. The molecule has 3 aromatic rings. The van der Waals surface area contributed by atoms with E-state index >= 15 is 0 Å². The number of hydrogen-bond donors (Lipinski definition) is 2. The molecule has 0 aliphatic rings. The molecule has 0 saturated heterocycles. The van der Waals surface area contributed by atoms with E-state index in [1.807, 2.05) is 38.1 Å². The molecule has 0 radical (unpaired) electrons. The quantitative estimate of drug-likeness (QED) is 0.678. The summed E-state index contributed by atoms with van der Waals surface area (Å²) in [6, 6.07) is 11.8. The van der Waals surface area contributed by atoms with Crippen molar-refractivity contribution in [1.29, 1.82) is 0 Å². The molecule has 0 fully saturated rings. The Balaban J connectivity index is 1.66. The lowest BCUT2D eigenvalue weighted by Gasteiger charge is -2.13. The Kier molecular flexibility index (Phi) is 5.89. The van der Waals surface area contributed by atoms with E-state index in [9.17, 15) is 4.79 Å². The van der Waals surface area contributed by atoms with Gasteiger partial charge in [0, 0.05) is 30.2 Å². The fraction of sp³-hybridized carbons (Fsp3) is 0.227. The van der Waals surface area contributed by atoms with Gasteiger partial charge in [0.2, 0.25) is 5.95 Å². The standard InChI is InChI=1S/C22H24N4O2/c1-14-9-15(2)20(16(3)10-14)26-22-24-12-18(13-25-22)21(27)23-11-17-7-5-6-8-19(17)28-4/h5-10,12-13H,11H2,1-4H3,(H,23,27)(H,24,25,26). The number of hydrogen-bond acceptors (Lipinski definition) is 5. The first kappa shape index (κ1) is 19.4. The van der Waals surface area contributed by atoms with Crippen LogP contribution in [-0.2, 0) is 6.54 Å².